The topological polar surface area (TPSA) is 103 Å². The number of benzene rings is 2. The molecule has 1 N–H and O–H groups in total. The highest BCUT2D eigenvalue weighted by molar-refractivity contribution is 7.18. The largest absolute Gasteiger partial charge is 0.511 e. The van der Waals surface area contributed by atoms with Crippen molar-refractivity contribution >= 4 is 33.4 Å². The monoisotopic (exact) mass is 386 g/mol. The van der Waals surface area contributed by atoms with Gasteiger partial charge in [0.05, 0.1) is 15.1 Å². The van der Waals surface area contributed by atoms with Gasteiger partial charge in [-0.3, -0.25) is 10.1 Å². The normalized spacial score (nSPS) is 12.7. The van der Waals surface area contributed by atoms with Crippen LogP contribution >= 0.6 is 11.3 Å². The zero-order valence-electron chi connectivity index (χ0n) is 15.0. The van der Waals surface area contributed by atoms with Crippen molar-refractivity contribution in [2.24, 2.45) is 5.41 Å². The lowest BCUT2D eigenvalue weighted by atomic mass is 9.76. The van der Waals surface area contributed by atoms with Crippen molar-refractivity contribution < 1.29 is 19.6 Å². The summed E-state index contributed by atoms with van der Waals surface area (Å²) in [6.07, 6.45) is -1.47. The predicted molar refractivity (Wildman–Crippen MR) is 103 cm³/mol. The number of carbonyl (C=O) groups is 1. The number of ether oxygens (including phenoxy) is 1. The molecule has 0 amide bonds. The van der Waals surface area contributed by atoms with Gasteiger partial charge in [-0.15, -0.1) is 11.3 Å². The van der Waals surface area contributed by atoms with Crippen molar-refractivity contribution in [2.45, 2.75) is 26.7 Å². The third-order valence-corrected chi connectivity index (χ3v) is 5.24. The number of nitro benzene ring substituents is 1. The second kappa shape index (κ2) is 6.96. The van der Waals surface area contributed by atoms with Crippen LogP contribution in [0.15, 0.2) is 42.5 Å². The second-order valence-electron chi connectivity index (χ2n) is 7.17. The number of nitrogens with zero attached hydrogens (tertiary/aromatic N) is 2. The van der Waals surface area contributed by atoms with Crippen molar-refractivity contribution in [3.05, 3.63) is 63.1 Å². The first-order valence-electron chi connectivity index (χ1n) is 8.21. The van der Waals surface area contributed by atoms with Crippen LogP contribution in [-0.4, -0.2) is 21.2 Å². The van der Waals surface area contributed by atoms with Crippen molar-refractivity contribution in [2.75, 3.05) is 0 Å². The highest BCUT2D eigenvalue weighted by atomic mass is 32.1. The minimum Gasteiger partial charge on any atom is -0.449 e. The maximum atomic E-state index is 11.3. The van der Waals surface area contributed by atoms with Crippen molar-refractivity contribution in [1.82, 2.24) is 4.98 Å². The lowest BCUT2D eigenvalue weighted by Crippen LogP contribution is -2.21. The first-order chi connectivity index (χ1) is 12.7. The van der Waals surface area contributed by atoms with Gasteiger partial charge in [0.25, 0.3) is 5.69 Å². The quantitative estimate of drug-likeness (QED) is 0.277. The second-order valence-corrected chi connectivity index (χ2v) is 8.23. The first kappa shape index (κ1) is 18.8. The molecule has 140 valence electrons. The molecule has 0 aliphatic rings. The van der Waals surface area contributed by atoms with E-state index in [-0.39, 0.29) is 22.8 Å². The van der Waals surface area contributed by atoms with Gasteiger partial charge >= 0.3 is 6.16 Å². The fraction of sp³-hybridized carbons (Fsp3) is 0.263. The molecule has 3 rings (SSSR count). The molecule has 0 bridgehead atoms. The maximum absolute atomic E-state index is 11.3. The molecule has 0 spiro atoms. The molecule has 0 radical (unpaired) electrons. The summed E-state index contributed by atoms with van der Waals surface area (Å²) in [5.41, 5.74) is 0.744. The van der Waals surface area contributed by atoms with E-state index in [1.54, 1.807) is 0 Å². The van der Waals surface area contributed by atoms with Crippen LogP contribution in [0, 0.1) is 15.5 Å². The molecule has 7 nitrogen and oxygen atoms in total. The van der Waals surface area contributed by atoms with E-state index in [1.807, 2.05) is 45.0 Å². The summed E-state index contributed by atoms with van der Waals surface area (Å²) in [5, 5.41) is 21.1. The number of hydrogen-bond donors (Lipinski definition) is 1. The molecule has 1 aromatic heterocycles. The van der Waals surface area contributed by atoms with Crippen LogP contribution < -0.4 is 4.74 Å². The Labute approximate surface area is 159 Å². The van der Waals surface area contributed by atoms with Gasteiger partial charge in [0.15, 0.2) is 0 Å². The Balaban J connectivity index is 2.24. The van der Waals surface area contributed by atoms with Gasteiger partial charge in [0, 0.05) is 23.6 Å². The number of hydrogen-bond acceptors (Lipinski definition) is 6. The number of fused-ring (bicyclic) bond motifs is 1. The Morgan fingerprint density at radius 2 is 1.96 bits per heavy atom. The molecule has 3 aromatic rings. The standard InChI is InChI=1S/C19H18N2O5S/c1-19(2,3)16(17-20-13-6-4-5-7-15(13)27-17)12-10-11(21(24)25)8-9-14(12)26-18(22)23/h4-10,16H,1-3H3,(H,22,23). The van der Waals surface area contributed by atoms with Crippen molar-refractivity contribution in [3.8, 4) is 5.75 Å². The molecule has 1 unspecified atom stereocenters. The summed E-state index contributed by atoms with van der Waals surface area (Å²) in [6.45, 7) is 5.94. The van der Waals surface area contributed by atoms with Gasteiger partial charge in [-0.05, 0) is 23.6 Å². The van der Waals surface area contributed by atoms with Gasteiger partial charge in [-0.25, -0.2) is 9.78 Å². The molecule has 0 aliphatic heterocycles. The Morgan fingerprint density at radius 3 is 2.56 bits per heavy atom. The number of aromatic nitrogens is 1. The molecule has 2 aromatic carbocycles. The molecule has 1 atom stereocenters. The molecular formula is C19H18N2O5S. The predicted octanol–water partition coefficient (Wildman–Crippen LogP) is 5.44. The number of para-hydroxylation sites is 1. The Kier molecular flexibility index (Phi) is 4.84. The van der Waals surface area contributed by atoms with Gasteiger partial charge < -0.3 is 9.84 Å². The van der Waals surface area contributed by atoms with Crippen molar-refractivity contribution in [1.29, 1.82) is 0 Å². The third-order valence-electron chi connectivity index (χ3n) is 4.14. The van der Waals surface area contributed by atoms with Gasteiger partial charge in [0.2, 0.25) is 0 Å². The summed E-state index contributed by atoms with van der Waals surface area (Å²) >= 11 is 1.48. The summed E-state index contributed by atoms with van der Waals surface area (Å²) in [6, 6.07) is 11.6. The Morgan fingerprint density at radius 1 is 1.26 bits per heavy atom. The van der Waals surface area contributed by atoms with Crippen LogP contribution in [0.5, 0.6) is 5.75 Å². The van der Waals surface area contributed by atoms with Crippen LogP contribution in [0.4, 0.5) is 10.5 Å². The van der Waals surface area contributed by atoms with Gasteiger partial charge in [-0.2, -0.15) is 0 Å². The zero-order valence-corrected chi connectivity index (χ0v) is 15.8. The summed E-state index contributed by atoms with van der Waals surface area (Å²) < 4.78 is 5.92. The summed E-state index contributed by atoms with van der Waals surface area (Å²) in [5.74, 6) is -0.309. The first-order valence-corrected chi connectivity index (χ1v) is 9.03. The lowest BCUT2D eigenvalue weighted by Gasteiger charge is -2.30. The van der Waals surface area contributed by atoms with E-state index in [0.717, 1.165) is 15.2 Å². The van der Waals surface area contributed by atoms with Crippen molar-refractivity contribution in [3.63, 3.8) is 0 Å². The minimum absolute atomic E-state index is 0.0762. The molecule has 0 fully saturated rings. The van der Waals surface area contributed by atoms with Crippen LogP contribution in [0.2, 0.25) is 0 Å². The zero-order chi connectivity index (χ0) is 19.8. The highest BCUT2D eigenvalue weighted by Crippen LogP contribution is 2.47. The van der Waals surface area contributed by atoms with E-state index in [1.165, 1.54) is 29.5 Å². The van der Waals surface area contributed by atoms with Crippen LogP contribution in [-0.2, 0) is 0 Å². The van der Waals surface area contributed by atoms with E-state index in [4.69, 9.17) is 14.8 Å². The van der Waals surface area contributed by atoms with Gasteiger partial charge in [-0.1, -0.05) is 32.9 Å². The fourth-order valence-corrected chi connectivity index (χ4v) is 4.38. The molecular weight excluding hydrogens is 368 g/mol. The highest BCUT2D eigenvalue weighted by Gasteiger charge is 2.34. The number of non-ortho nitro benzene ring substituents is 1. The minimum atomic E-state index is -1.47. The van der Waals surface area contributed by atoms with Crippen LogP contribution in [0.1, 0.15) is 37.3 Å². The molecule has 0 aliphatic carbocycles. The number of thiazole rings is 1. The number of rotatable bonds is 4. The molecule has 0 saturated carbocycles. The number of carboxylic acid groups (broad SMARTS) is 1. The average molecular weight is 386 g/mol. The Bertz CT molecular complexity index is 989. The SMILES string of the molecule is CC(C)(C)C(c1nc2ccccc2s1)c1cc([N+](=O)[O-])ccc1OC(=O)O. The van der Waals surface area contributed by atoms with Crippen LogP contribution in [0.25, 0.3) is 10.2 Å². The van der Waals surface area contributed by atoms with Gasteiger partial charge in [0.1, 0.15) is 10.8 Å². The lowest BCUT2D eigenvalue weighted by molar-refractivity contribution is -0.385. The Hall–Kier alpha value is -3.00. The molecule has 1 heterocycles. The smallest absolute Gasteiger partial charge is 0.449 e. The average Bonchev–Trinajstić information content (AvgIpc) is 2.97. The van der Waals surface area contributed by atoms with E-state index >= 15 is 0 Å². The maximum Gasteiger partial charge on any atom is 0.511 e. The van der Waals surface area contributed by atoms with E-state index < -0.39 is 11.1 Å². The van der Waals surface area contributed by atoms with E-state index in [0.29, 0.717) is 5.56 Å². The van der Waals surface area contributed by atoms with E-state index in [9.17, 15) is 14.9 Å². The summed E-state index contributed by atoms with van der Waals surface area (Å²) in [4.78, 5) is 26.6. The third kappa shape index (κ3) is 3.90. The number of nitro groups is 1. The molecule has 8 heteroatoms. The molecule has 0 saturated heterocycles. The molecule has 27 heavy (non-hydrogen) atoms. The van der Waals surface area contributed by atoms with Crippen LogP contribution in [0.3, 0.4) is 0 Å². The van der Waals surface area contributed by atoms with E-state index in [2.05, 4.69) is 0 Å². The summed E-state index contributed by atoms with van der Waals surface area (Å²) in [7, 11) is 0. The fourth-order valence-electron chi connectivity index (χ4n) is 3.05.